The van der Waals surface area contributed by atoms with E-state index in [0.717, 1.165) is 0 Å². The van der Waals surface area contributed by atoms with Crippen LogP contribution in [0.1, 0.15) is 18.7 Å². The Kier molecular flexibility index (Phi) is 2.71. The van der Waals surface area contributed by atoms with Gasteiger partial charge in [-0.25, -0.2) is 0 Å². The van der Waals surface area contributed by atoms with Crippen LogP contribution < -0.4 is 9.14 Å². The van der Waals surface area contributed by atoms with Gasteiger partial charge in [-0.15, -0.1) is 0 Å². The summed E-state index contributed by atoms with van der Waals surface area (Å²) in [4.78, 5) is 12.1. The van der Waals surface area contributed by atoms with Crippen molar-refractivity contribution >= 4 is 27.8 Å². The maximum atomic E-state index is 4.85. The molecule has 1 atom stereocenters. The Bertz CT molecular complexity index is 384. The number of hydrogen-bond acceptors (Lipinski definition) is 3. The van der Waals surface area contributed by atoms with Crippen LogP contribution in [0.25, 0.3) is 0 Å². The van der Waals surface area contributed by atoms with Crippen molar-refractivity contribution in [3.8, 4) is 0 Å². The number of nitrogens with one attached hydrogen (secondary N) is 1. The fourth-order valence-electron chi connectivity index (χ4n) is 1.78. The van der Waals surface area contributed by atoms with Crippen LogP contribution in [0.4, 0.5) is 5.69 Å². The molecule has 82 valence electrons. The quantitative estimate of drug-likeness (QED) is 0.804. The van der Waals surface area contributed by atoms with Crippen molar-refractivity contribution < 1.29 is 0 Å². The van der Waals surface area contributed by atoms with Gasteiger partial charge >= 0.3 is 95.9 Å². The molecule has 0 aromatic carbocycles. The zero-order chi connectivity index (χ0) is 11.2. The standard InChI is InChI=1S/C8H10N3.3CH3.Sn/c1-6-8-7(10-11(6)2)4-3-5-9-8;;;;/h3-4,6,10H,1-2H3;3*1H3;. The molecule has 0 spiro atoms. The van der Waals surface area contributed by atoms with Gasteiger partial charge in [-0.3, -0.25) is 0 Å². The van der Waals surface area contributed by atoms with Gasteiger partial charge in [-0.1, -0.05) is 0 Å². The number of rotatable bonds is 1. The second kappa shape index (κ2) is 3.63. The Labute approximate surface area is 95.7 Å². The molecule has 15 heavy (non-hydrogen) atoms. The Morgan fingerprint density at radius 3 is 2.60 bits per heavy atom. The summed E-state index contributed by atoms with van der Waals surface area (Å²) in [5.41, 5.74) is 5.70. The van der Waals surface area contributed by atoms with E-state index in [2.05, 4.69) is 51.4 Å². The maximum absolute atomic E-state index is 4.85. The average molecular weight is 312 g/mol. The summed E-state index contributed by atoms with van der Waals surface area (Å²) < 4.78 is 1.37. The summed E-state index contributed by atoms with van der Waals surface area (Å²) in [7, 11) is 2.06. The first-order chi connectivity index (χ1) is 6.89. The molecular formula is C11H19N3Sn. The summed E-state index contributed by atoms with van der Waals surface area (Å²) in [6.07, 6.45) is 0. The third-order valence-corrected chi connectivity index (χ3v) is 8.15. The zero-order valence-corrected chi connectivity index (χ0v) is 13.0. The van der Waals surface area contributed by atoms with E-state index >= 15 is 0 Å². The molecular weight excluding hydrogens is 293 g/mol. The van der Waals surface area contributed by atoms with Crippen molar-refractivity contribution in [2.24, 2.45) is 0 Å². The molecule has 0 aliphatic carbocycles. The minimum atomic E-state index is -2.01. The molecule has 0 amide bonds. The van der Waals surface area contributed by atoms with E-state index in [9.17, 15) is 0 Å². The molecule has 0 saturated heterocycles. The van der Waals surface area contributed by atoms with Crippen molar-refractivity contribution in [2.45, 2.75) is 27.8 Å². The molecule has 1 unspecified atom stereocenters. The van der Waals surface area contributed by atoms with Gasteiger partial charge in [0, 0.05) is 0 Å². The molecule has 2 rings (SSSR count). The van der Waals surface area contributed by atoms with Crippen LogP contribution in [0, 0.1) is 0 Å². The summed E-state index contributed by atoms with van der Waals surface area (Å²) in [5, 5.41) is 2.11. The van der Waals surface area contributed by atoms with Crippen molar-refractivity contribution in [1.29, 1.82) is 0 Å². The van der Waals surface area contributed by atoms with E-state index < -0.39 is 18.4 Å². The summed E-state index contributed by atoms with van der Waals surface area (Å²) >= 11 is -2.01. The number of nitrogens with zero attached hydrogens (tertiary/aromatic N) is 2. The first-order valence-corrected chi connectivity index (χ1v) is 15.4. The molecule has 3 nitrogen and oxygen atoms in total. The van der Waals surface area contributed by atoms with Crippen molar-refractivity contribution in [2.75, 3.05) is 12.5 Å². The number of anilines is 1. The predicted octanol–water partition coefficient (Wildman–Crippen LogP) is 1.96. The molecule has 1 aromatic rings. The normalized spacial score (nSPS) is 21.3. The number of fused-ring (bicyclic) bond motifs is 1. The number of hydrogen-bond donors (Lipinski definition) is 1. The second-order valence-corrected chi connectivity index (χ2v) is 19.6. The van der Waals surface area contributed by atoms with Gasteiger partial charge in [0.1, 0.15) is 0 Å². The van der Waals surface area contributed by atoms with Crippen LogP contribution in [0.2, 0.25) is 14.8 Å². The van der Waals surface area contributed by atoms with Gasteiger partial charge in [0.2, 0.25) is 0 Å². The minimum absolute atomic E-state index is 0.383. The molecule has 1 aliphatic rings. The SMILES string of the molecule is CC1c2n[c]([Sn]([CH3])([CH3])[CH3])ccc2NN1C. The van der Waals surface area contributed by atoms with E-state index in [0.29, 0.717) is 6.04 Å². The van der Waals surface area contributed by atoms with E-state index in [1.54, 1.807) is 0 Å². The molecule has 1 N–H and O–H groups in total. The van der Waals surface area contributed by atoms with Crippen molar-refractivity contribution in [3.63, 3.8) is 0 Å². The van der Waals surface area contributed by atoms with Gasteiger partial charge in [0.15, 0.2) is 0 Å². The molecule has 0 fully saturated rings. The van der Waals surface area contributed by atoms with E-state index in [4.69, 9.17) is 4.98 Å². The molecule has 0 radical (unpaired) electrons. The van der Waals surface area contributed by atoms with Crippen LogP contribution in [0.5, 0.6) is 0 Å². The number of pyridine rings is 1. The first kappa shape index (κ1) is 11.2. The van der Waals surface area contributed by atoms with Crippen LogP contribution in [0.3, 0.4) is 0 Å². The van der Waals surface area contributed by atoms with Gasteiger partial charge < -0.3 is 0 Å². The van der Waals surface area contributed by atoms with E-state index in [1.165, 1.54) is 15.1 Å². The van der Waals surface area contributed by atoms with E-state index in [-0.39, 0.29) is 0 Å². The van der Waals surface area contributed by atoms with Crippen LogP contribution in [-0.4, -0.2) is 35.4 Å². The predicted molar refractivity (Wildman–Crippen MR) is 67.0 cm³/mol. The van der Waals surface area contributed by atoms with Crippen molar-refractivity contribution in [3.05, 3.63) is 17.8 Å². The third kappa shape index (κ3) is 1.99. The molecule has 2 heterocycles. The third-order valence-electron chi connectivity index (χ3n) is 2.97. The molecule has 1 aliphatic heterocycles. The van der Waals surface area contributed by atoms with E-state index in [1.807, 2.05) is 0 Å². The van der Waals surface area contributed by atoms with Crippen LogP contribution in [0.15, 0.2) is 12.1 Å². The summed E-state index contributed by atoms with van der Waals surface area (Å²) in [6.45, 7) is 2.19. The monoisotopic (exact) mass is 313 g/mol. The Morgan fingerprint density at radius 2 is 2.00 bits per heavy atom. The fraction of sp³-hybridized carbons (Fsp3) is 0.545. The van der Waals surface area contributed by atoms with Gasteiger partial charge in [-0.2, -0.15) is 0 Å². The second-order valence-electron chi connectivity index (χ2n) is 5.28. The van der Waals surface area contributed by atoms with Gasteiger partial charge in [0.05, 0.1) is 0 Å². The topological polar surface area (TPSA) is 28.2 Å². The fourth-order valence-corrected chi connectivity index (χ4v) is 4.74. The molecule has 4 heteroatoms. The first-order valence-electron chi connectivity index (χ1n) is 5.40. The Balaban J connectivity index is 2.44. The molecule has 0 saturated carbocycles. The number of hydrazine groups is 1. The van der Waals surface area contributed by atoms with Crippen LogP contribution in [-0.2, 0) is 0 Å². The van der Waals surface area contributed by atoms with Crippen LogP contribution >= 0.6 is 0 Å². The Morgan fingerprint density at radius 1 is 1.33 bits per heavy atom. The van der Waals surface area contributed by atoms with Gasteiger partial charge in [-0.05, 0) is 0 Å². The van der Waals surface area contributed by atoms with Crippen molar-refractivity contribution in [1.82, 2.24) is 9.99 Å². The summed E-state index contributed by atoms with van der Waals surface area (Å²) in [6, 6.07) is 4.77. The molecule has 0 bridgehead atoms. The zero-order valence-electron chi connectivity index (χ0n) is 10.1. The molecule has 1 aromatic heterocycles. The average Bonchev–Trinajstić information content (AvgIpc) is 2.41. The summed E-state index contributed by atoms with van der Waals surface area (Å²) in [5.74, 6) is 0. The Hall–Kier alpha value is -0.291. The number of aromatic nitrogens is 1. The van der Waals surface area contributed by atoms with Gasteiger partial charge in [0.25, 0.3) is 0 Å².